The molecule has 0 aromatic heterocycles. The molecule has 1 fully saturated rings. The monoisotopic (exact) mass is 264 g/mol. The summed E-state index contributed by atoms with van der Waals surface area (Å²) in [7, 11) is 0. The van der Waals surface area contributed by atoms with Crippen LogP contribution in [-0.2, 0) is 6.42 Å². The van der Waals surface area contributed by atoms with Gasteiger partial charge >= 0.3 is 0 Å². The zero-order valence-electron chi connectivity index (χ0n) is 11.6. The van der Waals surface area contributed by atoms with E-state index in [0.29, 0.717) is 0 Å². The fraction of sp³-hybridized carbons (Fsp3) is 0.600. The van der Waals surface area contributed by atoms with Crippen molar-refractivity contribution in [1.82, 2.24) is 10.2 Å². The molecule has 0 amide bonds. The number of nitrogens with zero attached hydrogens (tertiary/aromatic N) is 1. The third kappa shape index (κ3) is 3.93. The summed E-state index contributed by atoms with van der Waals surface area (Å²) in [5.74, 6) is 0.273. The molecule has 1 unspecified atom stereocenters. The molecular formula is C15H24N2O2. The van der Waals surface area contributed by atoms with Crippen molar-refractivity contribution in [2.75, 3.05) is 32.7 Å². The van der Waals surface area contributed by atoms with Gasteiger partial charge in [-0.25, -0.2) is 0 Å². The molecule has 1 saturated heterocycles. The molecule has 0 aliphatic carbocycles. The fourth-order valence-corrected chi connectivity index (χ4v) is 2.62. The van der Waals surface area contributed by atoms with Crippen molar-refractivity contribution in [1.29, 1.82) is 0 Å². The predicted molar refractivity (Wildman–Crippen MR) is 76.4 cm³/mol. The molecule has 3 N–H and O–H groups in total. The molecule has 0 saturated carbocycles. The molecule has 1 heterocycles. The van der Waals surface area contributed by atoms with Crippen molar-refractivity contribution < 1.29 is 10.2 Å². The van der Waals surface area contributed by atoms with Gasteiger partial charge in [0.2, 0.25) is 0 Å². The first kappa shape index (κ1) is 14.3. The Morgan fingerprint density at radius 2 is 2.05 bits per heavy atom. The Bertz CT molecular complexity index is 403. The van der Waals surface area contributed by atoms with E-state index in [-0.39, 0.29) is 5.75 Å². The number of phenolic OH excluding ortho intramolecular Hbond substituents is 1. The standard InChI is InChI=1S/C15H24N2O2/c1-2-12-11-13(18)3-4-14(12)15(19)5-8-17-9-6-16-7-10-17/h3-4,11,15-16,18-19H,2,5-10H2,1H3. The third-order valence-electron chi connectivity index (χ3n) is 3.79. The molecule has 19 heavy (non-hydrogen) atoms. The van der Waals surface area contributed by atoms with Crippen LogP contribution in [-0.4, -0.2) is 47.8 Å². The van der Waals surface area contributed by atoms with Crippen LogP contribution in [0.4, 0.5) is 0 Å². The molecule has 106 valence electrons. The van der Waals surface area contributed by atoms with Crippen LogP contribution in [0.5, 0.6) is 5.75 Å². The Morgan fingerprint density at radius 3 is 2.74 bits per heavy atom. The minimum Gasteiger partial charge on any atom is -0.508 e. The minimum atomic E-state index is -0.439. The second-order valence-electron chi connectivity index (χ2n) is 5.13. The number of benzene rings is 1. The molecule has 1 aromatic carbocycles. The maximum atomic E-state index is 10.3. The van der Waals surface area contributed by atoms with Crippen molar-refractivity contribution in [3.05, 3.63) is 29.3 Å². The van der Waals surface area contributed by atoms with Crippen LogP contribution in [0, 0.1) is 0 Å². The molecule has 4 nitrogen and oxygen atoms in total. The van der Waals surface area contributed by atoms with E-state index in [4.69, 9.17) is 0 Å². The van der Waals surface area contributed by atoms with Crippen LogP contribution in [0.1, 0.15) is 30.6 Å². The van der Waals surface area contributed by atoms with Gasteiger partial charge in [-0.05, 0) is 36.1 Å². The zero-order valence-corrected chi connectivity index (χ0v) is 11.6. The highest BCUT2D eigenvalue weighted by atomic mass is 16.3. The number of aromatic hydroxyl groups is 1. The molecule has 0 bridgehead atoms. The Kier molecular flexibility index (Phi) is 5.19. The van der Waals surface area contributed by atoms with Crippen molar-refractivity contribution in [3.63, 3.8) is 0 Å². The third-order valence-corrected chi connectivity index (χ3v) is 3.79. The van der Waals surface area contributed by atoms with Crippen LogP contribution in [0.15, 0.2) is 18.2 Å². The van der Waals surface area contributed by atoms with Gasteiger partial charge in [0.25, 0.3) is 0 Å². The van der Waals surface area contributed by atoms with E-state index in [1.54, 1.807) is 12.1 Å². The number of piperazine rings is 1. The number of aliphatic hydroxyl groups excluding tert-OH is 1. The van der Waals surface area contributed by atoms with Crippen LogP contribution in [0.3, 0.4) is 0 Å². The molecule has 1 aliphatic rings. The lowest BCUT2D eigenvalue weighted by Gasteiger charge is -2.28. The number of nitrogens with one attached hydrogen (secondary N) is 1. The van der Waals surface area contributed by atoms with Crippen LogP contribution >= 0.6 is 0 Å². The van der Waals surface area contributed by atoms with Gasteiger partial charge in [-0.2, -0.15) is 0 Å². The van der Waals surface area contributed by atoms with Crippen molar-refractivity contribution >= 4 is 0 Å². The summed E-state index contributed by atoms with van der Waals surface area (Å²) in [5, 5.41) is 23.1. The van der Waals surface area contributed by atoms with Crippen LogP contribution in [0.25, 0.3) is 0 Å². The molecule has 1 aromatic rings. The molecule has 0 spiro atoms. The zero-order chi connectivity index (χ0) is 13.7. The molecule has 2 rings (SSSR count). The van der Waals surface area contributed by atoms with Crippen LogP contribution in [0.2, 0.25) is 0 Å². The predicted octanol–water partition coefficient (Wildman–Crippen LogP) is 1.28. The summed E-state index contributed by atoms with van der Waals surface area (Å²) in [6, 6.07) is 5.25. The van der Waals surface area contributed by atoms with Crippen molar-refractivity contribution in [3.8, 4) is 5.75 Å². The van der Waals surface area contributed by atoms with Gasteiger partial charge in [0.1, 0.15) is 5.75 Å². The lowest BCUT2D eigenvalue weighted by molar-refractivity contribution is 0.136. The Balaban J connectivity index is 1.93. The number of aryl methyl sites for hydroxylation is 1. The van der Waals surface area contributed by atoms with Crippen LogP contribution < -0.4 is 5.32 Å². The van der Waals surface area contributed by atoms with Gasteiger partial charge in [0.15, 0.2) is 0 Å². The summed E-state index contributed by atoms with van der Waals surface area (Å²) in [4.78, 5) is 2.38. The Labute approximate surface area is 115 Å². The van der Waals surface area contributed by atoms with Gasteiger partial charge in [-0.3, -0.25) is 0 Å². The lowest BCUT2D eigenvalue weighted by Crippen LogP contribution is -2.44. The topological polar surface area (TPSA) is 55.7 Å². The smallest absolute Gasteiger partial charge is 0.115 e. The second kappa shape index (κ2) is 6.89. The highest BCUT2D eigenvalue weighted by Gasteiger charge is 2.15. The first-order chi connectivity index (χ1) is 9.20. The number of phenols is 1. The summed E-state index contributed by atoms with van der Waals surface area (Å²) in [6.45, 7) is 7.16. The van der Waals surface area contributed by atoms with Crippen molar-refractivity contribution in [2.45, 2.75) is 25.9 Å². The van der Waals surface area contributed by atoms with Crippen molar-refractivity contribution in [2.24, 2.45) is 0 Å². The van der Waals surface area contributed by atoms with E-state index >= 15 is 0 Å². The van der Waals surface area contributed by atoms with E-state index in [0.717, 1.165) is 56.7 Å². The van der Waals surface area contributed by atoms with Gasteiger partial charge in [-0.1, -0.05) is 13.0 Å². The SMILES string of the molecule is CCc1cc(O)ccc1C(O)CCN1CCNCC1. The molecule has 0 radical (unpaired) electrons. The lowest BCUT2D eigenvalue weighted by atomic mass is 9.98. The second-order valence-corrected chi connectivity index (χ2v) is 5.13. The summed E-state index contributed by atoms with van der Waals surface area (Å²) in [6.07, 6.45) is 1.14. The average Bonchev–Trinajstić information content (AvgIpc) is 2.45. The summed E-state index contributed by atoms with van der Waals surface area (Å²) < 4.78 is 0. The molecular weight excluding hydrogens is 240 g/mol. The van der Waals surface area contributed by atoms with E-state index in [1.807, 2.05) is 13.0 Å². The Hall–Kier alpha value is -1.10. The maximum absolute atomic E-state index is 10.3. The van der Waals surface area contributed by atoms with E-state index in [2.05, 4.69) is 10.2 Å². The molecule has 1 aliphatic heterocycles. The Morgan fingerprint density at radius 1 is 1.32 bits per heavy atom. The average molecular weight is 264 g/mol. The minimum absolute atomic E-state index is 0.273. The van der Waals surface area contributed by atoms with Gasteiger partial charge in [0, 0.05) is 32.7 Å². The number of hydrogen-bond acceptors (Lipinski definition) is 4. The quantitative estimate of drug-likeness (QED) is 0.750. The van der Waals surface area contributed by atoms with Gasteiger partial charge < -0.3 is 20.4 Å². The number of hydrogen-bond donors (Lipinski definition) is 3. The molecule has 4 heteroatoms. The number of rotatable bonds is 5. The largest absolute Gasteiger partial charge is 0.508 e. The highest BCUT2D eigenvalue weighted by molar-refractivity contribution is 5.36. The first-order valence-corrected chi connectivity index (χ1v) is 7.13. The van der Waals surface area contributed by atoms with E-state index in [9.17, 15) is 10.2 Å². The fourth-order valence-electron chi connectivity index (χ4n) is 2.62. The highest BCUT2D eigenvalue weighted by Crippen LogP contribution is 2.25. The van der Waals surface area contributed by atoms with Gasteiger partial charge in [0.05, 0.1) is 6.10 Å². The maximum Gasteiger partial charge on any atom is 0.115 e. The van der Waals surface area contributed by atoms with E-state index in [1.165, 1.54) is 0 Å². The summed E-state index contributed by atoms with van der Waals surface area (Å²) >= 11 is 0. The first-order valence-electron chi connectivity index (χ1n) is 7.13. The summed E-state index contributed by atoms with van der Waals surface area (Å²) in [5.41, 5.74) is 1.99. The van der Waals surface area contributed by atoms with E-state index < -0.39 is 6.10 Å². The van der Waals surface area contributed by atoms with Gasteiger partial charge in [-0.15, -0.1) is 0 Å². The normalized spacial score (nSPS) is 18.4. The molecule has 1 atom stereocenters. The number of aliphatic hydroxyl groups is 1.